The van der Waals surface area contributed by atoms with Crippen molar-refractivity contribution in [3.63, 3.8) is 0 Å². The Kier molecular flexibility index (Phi) is 5.60. The van der Waals surface area contributed by atoms with Crippen molar-refractivity contribution in [2.45, 2.75) is 33.1 Å². The first-order valence-corrected chi connectivity index (χ1v) is 9.03. The topological polar surface area (TPSA) is 68.5 Å². The van der Waals surface area contributed by atoms with Gasteiger partial charge in [-0.1, -0.05) is 26.0 Å². The Morgan fingerprint density at radius 1 is 1.15 bits per heavy atom. The molecule has 0 bridgehead atoms. The van der Waals surface area contributed by atoms with Crippen molar-refractivity contribution < 1.29 is 13.9 Å². The minimum absolute atomic E-state index is 0.0798. The van der Waals surface area contributed by atoms with E-state index in [9.17, 15) is 9.59 Å². The zero-order chi connectivity index (χ0) is 19.4. The van der Waals surface area contributed by atoms with E-state index >= 15 is 0 Å². The van der Waals surface area contributed by atoms with E-state index in [1.54, 1.807) is 18.2 Å². The Morgan fingerprint density at radius 2 is 1.89 bits per heavy atom. The molecule has 0 spiro atoms. The lowest BCUT2D eigenvalue weighted by atomic mass is 9.99. The predicted molar refractivity (Wildman–Crippen MR) is 106 cm³/mol. The van der Waals surface area contributed by atoms with Crippen LogP contribution in [0.25, 0.3) is 11.0 Å². The summed E-state index contributed by atoms with van der Waals surface area (Å²) in [5.74, 6) is 0.909. The van der Waals surface area contributed by atoms with Gasteiger partial charge in [-0.15, -0.1) is 0 Å². The first-order valence-electron chi connectivity index (χ1n) is 9.03. The predicted octanol–water partition coefficient (Wildman–Crippen LogP) is 4.63. The van der Waals surface area contributed by atoms with E-state index in [-0.39, 0.29) is 18.1 Å². The number of benzene rings is 2. The van der Waals surface area contributed by atoms with E-state index in [4.69, 9.17) is 9.15 Å². The normalized spacial score (nSPS) is 12.0. The highest BCUT2D eigenvalue weighted by atomic mass is 16.5. The van der Waals surface area contributed by atoms with Gasteiger partial charge in [-0.3, -0.25) is 4.79 Å². The molecule has 1 atom stereocenters. The second-order valence-corrected chi connectivity index (χ2v) is 6.67. The molecule has 3 aromatic rings. The van der Waals surface area contributed by atoms with Crippen LogP contribution in [-0.4, -0.2) is 12.5 Å². The Balaban J connectivity index is 1.62. The van der Waals surface area contributed by atoms with Crippen molar-refractivity contribution >= 4 is 22.6 Å². The molecule has 1 aromatic heterocycles. The summed E-state index contributed by atoms with van der Waals surface area (Å²) in [5.41, 5.74) is 2.79. The number of nitrogens with one attached hydrogen (secondary N) is 1. The van der Waals surface area contributed by atoms with Crippen molar-refractivity contribution in [2.24, 2.45) is 0 Å². The average molecular weight is 365 g/mol. The van der Waals surface area contributed by atoms with Gasteiger partial charge in [-0.25, -0.2) is 4.79 Å². The van der Waals surface area contributed by atoms with Gasteiger partial charge in [0.05, 0.1) is 0 Å². The maximum absolute atomic E-state index is 12.2. The summed E-state index contributed by atoms with van der Waals surface area (Å²) >= 11 is 0. The van der Waals surface area contributed by atoms with Crippen LogP contribution in [0.4, 0.5) is 5.69 Å². The fourth-order valence-corrected chi connectivity index (χ4v) is 2.87. The molecule has 0 fully saturated rings. The number of carbonyl (C=O) groups excluding carboxylic acids is 1. The molecular formula is C22H23NO4. The molecule has 27 heavy (non-hydrogen) atoms. The summed E-state index contributed by atoms with van der Waals surface area (Å²) in [6, 6.07) is 14.4. The molecular weight excluding hydrogens is 342 g/mol. The van der Waals surface area contributed by atoms with E-state index in [0.29, 0.717) is 22.9 Å². The summed E-state index contributed by atoms with van der Waals surface area (Å²) in [6.45, 7) is 6.09. The molecule has 140 valence electrons. The zero-order valence-electron chi connectivity index (χ0n) is 15.7. The maximum atomic E-state index is 12.2. The molecule has 2 aromatic carbocycles. The molecule has 5 heteroatoms. The molecule has 0 saturated carbocycles. The number of ether oxygens (including phenoxy) is 1. The zero-order valence-corrected chi connectivity index (χ0v) is 15.7. The Labute approximate surface area is 158 Å². The van der Waals surface area contributed by atoms with Crippen LogP contribution in [-0.2, 0) is 4.79 Å². The molecule has 1 amide bonds. The van der Waals surface area contributed by atoms with E-state index in [2.05, 4.69) is 19.2 Å². The Bertz CT molecular complexity index is 1000. The lowest BCUT2D eigenvalue weighted by Crippen LogP contribution is -2.20. The number of amides is 1. The van der Waals surface area contributed by atoms with Crippen molar-refractivity contribution in [3.8, 4) is 5.75 Å². The number of aryl methyl sites for hydroxylation is 1. The first kappa shape index (κ1) is 18.7. The lowest BCUT2D eigenvalue weighted by molar-refractivity contribution is -0.118. The molecule has 0 aliphatic carbocycles. The van der Waals surface area contributed by atoms with Crippen LogP contribution < -0.4 is 15.7 Å². The first-order chi connectivity index (χ1) is 13.0. The van der Waals surface area contributed by atoms with Crippen LogP contribution >= 0.6 is 0 Å². The van der Waals surface area contributed by atoms with Gasteiger partial charge in [0.25, 0.3) is 5.91 Å². The molecule has 5 nitrogen and oxygen atoms in total. The van der Waals surface area contributed by atoms with Crippen LogP contribution in [0.2, 0.25) is 0 Å². The Hall–Kier alpha value is -3.08. The molecule has 1 heterocycles. The third-order valence-electron chi connectivity index (χ3n) is 4.66. The standard InChI is InChI=1S/C22H23NO4/c1-4-14(2)16-5-8-18(9-6-16)26-13-21(24)23-17-7-10-20-19(12-17)15(3)11-22(25)27-20/h5-12,14H,4,13H2,1-3H3,(H,23,24). The van der Waals surface area contributed by atoms with Gasteiger partial charge in [0.1, 0.15) is 11.3 Å². The summed E-state index contributed by atoms with van der Waals surface area (Å²) in [6.07, 6.45) is 1.08. The van der Waals surface area contributed by atoms with Gasteiger partial charge in [0.2, 0.25) is 0 Å². The Morgan fingerprint density at radius 3 is 2.59 bits per heavy atom. The summed E-state index contributed by atoms with van der Waals surface area (Å²) in [5, 5.41) is 3.59. The van der Waals surface area contributed by atoms with Crippen LogP contribution in [0, 0.1) is 6.92 Å². The van der Waals surface area contributed by atoms with Crippen molar-refractivity contribution in [3.05, 3.63) is 70.1 Å². The second kappa shape index (κ2) is 8.08. The third-order valence-corrected chi connectivity index (χ3v) is 4.66. The average Bonchev–Trinajstić information content (AvgIpc) is 2.66. The SMILES string of the molecule is CCC(C)c1ccc(OCC(=O)Nc2ccc3oc(=O)cc(C)c3c2)cc1. The number of fused-ring (bicyclic) bond motifs is 1. The molecule has 1 unspecified atom stereocenters. The minimum atomic E-state index is -0.385. The lowest BCUT2D eigenvalue weighted by Gasteiger charge is -2.11. The number of hydrogen-bond donors (Lipinski definition) is 1. The van der Waals surface area contributed by atoms with E-state index in [1.165, 1.54) is 11.6 Å². The number of anilines is 1. The van der Waals surface area contributed by atoms with Crippen LogP contribution in [0.5, 0.6) is 5.75 Å². The highest BCUT2D eigenvalue weighted by Gasteiger charge is 2.08. The van der Waals surface area contributed by atoms with Crippen molar-refractivity contribution in [1.29, 1.82) is 0 Å². The van der Waals surface area contributed by atoms with Gasteiger partial charge in [-0.2, -0.15) is 0 Å². The molecule has 3 rings (SSSR count). The summed E-state index contributed by atoms with van der Waals surface area (Å²) < 4.78 is 10.7. The third kappa shape index (κ3) is 4.56. The van der Waals surface area contributed by atoms with Crippen LogP contribution in [0.15, 0.2) is 57.7 Å². The molecule has 0 aliphatic heterocycles. The van der Waals surface area contributed by atoms with Gasteiger partial charge in [0.15, 0.2) is 6.61 Å². The van der Waals surface area contributed by atoms with E-state index < -0.39 is 0 Å². The largest absolute Gasteiger partial charge is 0.484 e. The van der Waals surface area contributed by atoms with Gasteiger partial charge < -0.3 is 14.5 Å². The second-order valence-electron chi connectivity index (χ2n) is 6.67. The number of hydrogen-bond acceptors (Lipinski definition) is 4. The highest BCUT2D eigenvalue weighted by molar-refractivity contribution is 5.94. The summed E-state index contributed by atoms with van der Waals surface area (Å²) in [7, 11) is 0. The fourth-order valence-electron chi connectivity index (χ4n) is 2.87. The van der Waals surface area contributed by atoms with Crippen molar-refractivity contribution in [2.75, 3.05) is 11.9 Å². The van der Waals surface area contributed by atoms with Gasteiger partial charge in [-0.05, 0) is 60.7 Å². The molecule has 0 radical (unpaired) electrons. The monoisotopic (exact) mass is 365 g/mol. The van der Waals surface area contributed by atoms with Gasteiger partial charge >= 0.3 is 5.63 Å². The summed E-state index contributed by atoms with van der Waals surface area (Å²) in [4.78, 5) is 23.6. The van der Waals surface area contributed by atoms with Crippen LogP contribution in [0.3, 0.4) is 0 Å². The molecule has 0 aliphatic rings. The highest BCUT2D eigenvalue weighted by Crippen LogP contribution is 2.22. The van der Waals surface area contributed by atoms with Crippen molar-refractivity contribution in [1.82, 2.24) is 0 Å². The molecule has 0 saturated heterocycles. The van der Waals surface area contributed by atoms with E-state index in [1.807, 2.05) is 31.2 Å². The number of rotatable bonds is 6. The van der Waals surface area contributed by atoms with E-state index in [0.717, 1.165) is 17.4 Å². The number of carbonyl (C=O) groups is 1. The maximum Gasteiger partial charge on any atom is 0.336 e. The quantitative estimate of drug-likeness (QED) is 0.647. The molecule has 1 N–H and O–H groups in total. The fraction of sp³-hybridized carbons (Fsp3) is 0.273. The minimum Gasteiger partial charge on any atom is -0.484 e. The van der Waals surface area contributed by atoms with Gasteiger partial charge in [0, 0.05) is 17.1 Å². The smallest absolute Gasteiger partial charge is 0.336 e. The van der Waals surface area contributed by atoms with Crippen LogP contribution in [0.1, 0.15) is 37.3 Å².